The molecule has 1 saturated heterocycles. The molecular formula is C24H27I2N3O. The van der Waals surface area contributed by atoms with Crippen molar-refractivity contribution in [3.8, 4) is 6.07 Å². The molecule has 1 N–H and O–H groups in total. The van der Waals surface area contributed by atoms with Crippen LogP contribution in [0.5, 0.6) is 0 Å². The van der Waals surface area contributed by atoms with Gasteiger partial charge in [0.1, 0.15) is 0 Å². The van der Waals surface area contributed by atoms with Gasteiger partial charge in [-0.2, -0.15) is 5.26 Å². The number of nitrogens with one attached hydrogen (secondary N) is 1. The van der Waals surface area contributed by atoms with Crippen molar-refractivity contribution < 1.29 is 4.79 Å². The Morgan fingerprint density at radius 2 is 1.70 bits per heavy atom. The lowest BCUT2D eigenvalue weighted by Crippen LogP contribution is -2.38. The molecule has 1 fully saturated rings. The van der Waals surface area contributed by atoms with E-state index in [2.05, 4.69) is 66.5 Å². The van der Waals surface area contributed by atoms with Crippen molar-refractivity contribution >= 4 is 49.2 Å². The first-order valence-corrected chi connectivity index (χ1v) is 15.8. The van der Waals surface area contributed by atoms with Gasteiger partial charge in [-0.25, -0.2) is 6.57 Å². The second-order valence-corrected chi connectivity index (χ2v) is 6.35. The van der Waals surface area contributed by atoms with Gasteiger partial charge in [-0.3, -0.25) is 4.79 Å². The van der Waals surface area contributed by atoms with Crippen LogP contribution >= 0.6 is 37.2 Å². The lowest BCUT2D eigenvalue weighted by atomic mass is 9.82. The Balaban J connectivity index is 0.000000461. The molecule has 0 aromatic heterocycles. The minimum Gasteiger partial charge on any atom is -0.356 e. The van der Waals surface area contributed by atoms with E-state index >= 15 is 0 Å². The van der Waals surface area contributed by atoms with Crippen LogP contribution in [0.4, 0.5) is 0 Å². The molecule has 6 heteroatoms. The zero-order valence-electron chi connectivity index (χ0n) is 17.3. The van der Waals surface area contributed by atoms with E-state index in [9.17, 15) is 4.79 Å². The van der Waals surface area contributed by atoms with Crippen molar-refractivity contribution in [2.24, 2.45) is 5.92 Å². The fraction of sp³-hybridized carbons (Fsp3) is 0.292. The highest BCUT2D eigenvalue weighted by molar-refractivity contribution is 15.0. The average molecular weight is 627 g/mol. The number of carbonyl (C=O) groups excluding carboxylic acids is 1. The normalized spacial score (nSPS) is 16.7. The van der Waals surface area contributed by atoms with Crippen LogP contribution in [-0.2, 0) is 4.79 Å². The molecule has 1 aliphatic heterocycles. The van der Waals surface area contributed by atoms with Crippen LogP contribution in [0.3, 0.4) is 0 Å². The number of piperidine rings is 1. The second-order valence-electron chi connectivity index (χ2n) is 6.35. The second kappa shape index (κ2) is 19.1. The lowest BCUT2D eigenvalue weighted by Gasteiger charge is -2.29. The van der Waals surface area contributed by atoms with Crippen molar-refractivity contribution in [2.45, 2.75) is 26.2 Å². The quantitative estimate of drug-likeness (QED) is 0.225. The highest BCUT2D eigenvalue weighted by Crippen LogP contribution is 2.29. The average Bonchev–Trinajstić information content (AvgIpc) is 2.82. The Bertz CT molecular complexity index is 812. The topological polar surface area (TPSA) is 57.2 Å². The van der Waals surface area contributed by atoms with Gasteiger partial charge in [0, 0.05) is 63.2 Å². The number of hydrogen-bond acceptors (Lipinski definition) is 2. The van der Waals surface area contributed by atoms with Gasteiger partial charge in [0.15, 0.2) is 0 Å². The zero-order chi connectivity index (χ0) is 22.6. The molecule has 2 unspecified atom stereocenters. The van der Waals surface area contributed by atoms with Crippen molar-refractivity contribution in [1.82, 2.24) is 5.32 Å². The molecule has 2 aromatic carbocycles. The van der Waals surface area contributed by atoms with Gasteiger partial charge in [0.05, 0.1) is 6.07 Å². The summed E-state index contributed by atoms with van der Waals surface area (Å²) in [5, 5.41) is 11.1. The van der Waals surface area contributed by atoms with E-state index in [1.54, 1.807) is 6.08 Å². The molecule has 1 amide bonds. The maximum absolute atomic E-state index is 11.3. The Morgan fingerprint density at radius 1 is 1.17 bits per heavy atom. The smallest absolute Gasteiger partial charge is 0.220 e. The third-order valence-corrected chi connectivity index (χ3v) is 4.25. The summed E-state index contributed by atoms with van der Waals surface area (Å²) >= 11 is 4.24. The zero-order valence-corrected chi connectivity index (χ0v) is 21.6. The maximum Gasteiger partial charge on any atom is 0.220 e. The molecular weight excluding hydrogens is 600 g/mol. The highest BCUT2D eigenvalue weighted by atomic mass is 128. The van der Waals surface area contributed by atoms with Gasteiger partial charge in [0.25, 0.3) is 0 Å². The minimum absolute atomic E-state index is 0.178. The molecule has 0 saturated carbocycles. The summed E-state index contributed by atoms with van der Waals surface area (Å²) in [6, 6.07) is 22.0. The number of benzene rings is 2. The number of carbonyl (C=O) groups is 1. The first kappa shape index (κ1) is 28.1. The number of halogens is 2. The summed E-state index contributed by atoms with van der Waals surface area (Å²) in [5.41, 5.74) is 2.35. The van der Waals surface area contributed by atoms with Crippen LogP contribution in [0, 0.1) is 23.8 Å². The van der Waals surface area contributed by atoms with E-state index in [-0.39, 0.29) is 5.91 Å². The predicted octanol–water partition coefficient (Wildman–Crippen LogP) is 6.85. The molecule has 1 aliphatic rings. The number of nitrogens with zero attached hydrogens (tertiary/aromatic N) is 2. The third kappa shape index (κ3) is 12.6. The van der Waals surface area contributed by atoms with Crippen LogP contribution < -0.4 is 5.32 Å². The molecule has 0 bridgehead atoms. The molecule has 4 nitrogen and oxygen atoms in total. The molecule has 2 aromatic rings. The first-order valence-electron chi connectivity index (χ1n) is 9.52. The molecule has 3 rings (SSSR count). The molecule has 0 radical (unpaired) electrons. The SMILES string of the molecule is CC1CNC(=O)CC1c1ccccc1.II.N#C/C=C/c1ccccc1.[C-]#[N+]CC. The Labute approximate surface area is 203 Å². The maximum atomic E-state index is 11.3. The van der Waals surface area contributed by atoms with E-state index in [0.29, 0.717) is 24.8 Å². The van der Waals surface area contributed by atoms with Crippen LogP contribution in [0.15, 0.2) is 66.7 Å². The van der Waals surface area contributed by atoms with Crippen LogP contribution in [0.25, 0.3) is 10.9 Å². The van der Waals surface area contributed by atoms with Crippen molar-refractivity contribution in [2.75, 3.05) is 13.1 Å². The Hall–Kier alpha value is -1.91. The summed E-state index contributed by atoms with van der Waals surface area (Å²) < 4.78 is 0. The van der Waals surface area contributed by atoms with Gasteiger partial charge in [-0.05, 0) is 29.0 Å². The van der Waals surface area contributed by atoms with Crippen molar-refractivity contribution in [3.63, 3.8) is 0 Å². The molecule has 30 heavy (non-hydrogen) atoms. The van der Waals surface area contributed by atoms with Crippen LogP contribution in [-0.4, -0.2) is 19.0 Å². The number of rotatable bonds is 2. The van der Waals surface area contributed by atoms with Gasteiger partial charge < -0.3 is 10.2 Å². The standard InChI is InChI=1S/C12H15NO.C9H7N.C3H5N.I2/c1-9-8-13-12(14)7-11(9)10-5-3-2-4-6-10;10-8-4-7-9-5-2-1-3-6-9;1-3-4-2;1-2/h2-6,9,11H,7-8H2,1H3,(H,13,14);1-7H;3H2,1H3;/b;7-4+;;. The Kier molecular flexibility index (Phi) is 17.9. The Morgan fingerprint density at radius 3 is 2.20 bits per heavy atom. The molecule has 1 heterocycles. The fourth-order valence-corrected chi connectivity index (χ4v) is 2.73. The van der Waals surface area contributed by atoms with Gasteiger partial charge in [-0.15, -0.1) is 0 Å². The number of nitriles is 1. The number of amides is 1. The number of hydrogen-bond donors (Lipinski definition) is 1. The molecule has 0 spiro atoms. The molecule has 2 atom stereocenters. The van der Waals surface area contributed by atoms with E-state index < -0.39 is 0 Å². The summed E-state index contributed by atoms with van der Waals surface area (Å²) in [5.74, 6) is 1.11. The molecule has 0 aliphatic carbocycles. The highest BCUT2D eigenvalue weighted by Gasteiger charge is 2.26. The van der Waals surface area contributed by atoms with Gasteiger partial charge >= 0.3 is 0 Å². The summed E-state index contributed by atoms with van der Waals surface area (Å²) in [6.45, 7) is 11.5. The number of allylic oxidation sites excluding steroid dienone is 1. The summed E-state index contributed by atoms with van der Waals surface area (Å²) in [4.78, 5) is 14.3. The van der Waals surface area contributed by atoms with E-state index in [0.717, 1.165) is 12.1 Å². The summed E-state index contributed by atoms with van der Waals surface area (Å²) in [6.07, 6.45) is 3.88. The molecule has 158 valence electrons. The van der Waals surface area contributed by atoms with Gasteiger partial charge in [0.2, 0.25) is 12.5 Å². The minimum atomic E-state index is 0.178. The monoisotopic (exact) mass is 627 g/mol. The van der Waals surface area contributed by atoms with Crippen LogP contribution in [0.2, 0.25) is 0 Å². The predicted molar refractivity (Wildman–Crippen MR) is 142 cm³/mol. The van der Waals surface area contributed by atoms with E-state index in [1.807, 2.05) is 61.5 Å². The van der Waals surface area contributed by atoms with Crippen molar-refractivity contribution in [1.29, 1.82) is 5.26 Å². The van der Waals surface area contributed by atoms with Crippen molar-refractivity contribution in [3.05, 3.63) is 89.3 Å². The third-order valence-electron chi connectivity index (χ3n) is 4.25. The van der Waals surface area contributed by atoms with E-state index in [4.69, 9.17) is 11.8 Å². The largest absolute Gasteiger partial charge is 0.356 e. The first-order chi connectivity index (χ1) is 14.6. The summed E-state index contributed by atoms with van der Waals surface area (Å²) in [7, 11) is 0. The van der Waals surface area contributed by atoms with Crippen LogP contribution in [0.1, 0.15) is 37.3 Å². The fourth-order valence-electron chi connectivity index (χ4n) is 2.73. The lowest BCUT2D eigenvalue weighted by molar-refractivity contribution is -0.123. The van der Waals surface area contributed by atoms with E-state index in [1.165, 1.54) is 11.6 Å². The van der Waals surface area contributed by atoms with Gasteiger partial charge in [-0.1, -0.05) is 67.6 Å².